The number of nitrogens with zero attached hydrogens (tertiary/aromatic N) is 3. The van der Waals surface area contributed by atoms with E-state index in [9.17, 15) is 4.79 Å². The number of methoxy groups -OCH3 is 1. The van der Waals surface area contributed by atoms with Crippen molar-refractivity contribution >= 4 is 23.4 Å². The molecule has 3 heterocycles. The van der Waals surface area contributed by atoms with Gasteiger partial charge in [-0.05, 0) is 24.3 Å². The minimum absolute atomic E-state index is 0.233. The summed E-state index contributed by atoms with van der Waals surface area (Å²) in [5.74, 6) is 1.52. The lowest BCUT2D eigenvalue weighted by Crippen LogP contribution is -2.12. The Balaban J connectivity index is 1.64. The van der Waals surface area contributed by atoms with Gasteiger partial charge in [-0.2, -0.15) is 0 Å². The number of carbonyl (C=O) groups is 1. The molecule has 0 aliphatic heterocycles. The molecule has 0 aliphatic rings. The first-order chi connectivity index (χ1) is 11.7. The molecule has 3 aromatic rings. The van der Waals surface area contributed by atoms with Crippen molar-refractivity contribution in [3.05, 3.63) is 54.4 Å². The smallest absolute Gasteiger partial charge is 0.291 e. The third-order valence-corrected chi connectivity index (χ3v) is 4.30. The predicted octanol–water partition coefficient (Wildman–Crippen LogP) is 2.96. The van der Waals surface area contributed by atoms with Gasteiger partial charge in [-0.3, -0.25) is 4.79 Å². The SMILES string of the molecule is COc1ncccc1NC(=O)c1ccc(CSc2nccn2C)o1. The van der Waals surface area contributed by atoms with E-state index in [-0.39, 0.29) is 11.7 Å². The van der Waals surface area contributed by atoms with Gasteiger partial charge in [0, 0.05) is 25.6 Å². The number of hydrogen-bond acceptors (Lipinski definition) is 6. The van der Waals surface area contributed by atoms with Gasteiger partial charge in [0.25, 0.3) is 5.91 Å². The minimum Gasteiger partial charge on any atom is -0.480 e. The van der Waals surface area contributed by atoms with Crippen molar-refractivity contribution in [3.8, 4) is 5.88 Å². The summed E-state index contributed by atoms with van der Waals surface area (Å²) in [6.07, 6.45) is 5.21. The first kappa shape index (κ1) is 16.1. The van der Waals surface area contributed by atoms with Crippen LogP contribution in [0.1, 0.15) is 16.3 Å². The maximum atomic E-state index is 12.3. The number of anilines is 1. The Kier molecular flexibility index (Phi) is 4.85. The summed E-state index contributed by atoms with van der Waals surface area (Å²) in [5, 5.41) is 3.61. The van der Waals surface area contributed by atoms with Crippen LogP contribution in [0.15, 0.2) is 52.4 Å². The molecule has 7 nitrogen and oxygen atoms in total. The second-order valence-corrected chi connectivity index (χ2v) is 5.83. The van der Waals surface area contributed by atoms with Crippen molar-refractivity contribution in [1.82, 2.24) is 14.5 Å². The molecule has 0 atom stereocenters. The minimum atomic E-state index is -0.352. The van der Waals surface area contributed by atoms with Crippen molar-refractivity contribution in [2.24, 2.45) is 7.05 Å². The van der Waals surface area contributed by atoms with Crippen LogP contribution in [0.5, 0.6) is 5.88 Å². The Hall–Kier alpha value is -2.74. The number of nitrogens with one attached hydrogen (secondary N) is 1. The van der Waals surface area contributed by atoms with Crippen LogP contribution >= 0.6 is 11.8 Å². The van der Waals surface area contributed by atoms with Gasteiger partial charge in [-0.1, -0.05) is 11.8 Å². The standard InChI is InChI=1S/C16H16N4O3S/c1-20-9-8-18-16(20)24-10-11-5-6-13(23-11)14(21)19-12-4-3-7-17-15(12)22-2/h3-9H,10H2,1-2H3,(H,19,21). The van der Waals surface area contributed by atoms with Crippen LogP contribution in [0.3, 0.4) is 0 Å². The Labute approximate surface area is 143 Å². The van der Waals surface area contributed by atoms with Crippen molar-refractivity contribution in [3.63, 3.8) is 0 Å². The van der Waals surface area contributed by atoms with E-state index in [4.69, 9.17) is 9.15 Å². The van der Waals surface area contributed by atoms with Gasteiger partial charge in [0.1, 0.15) is 11.4 Å². The largest absolute Gasteiger partial charge is 0.480 e. The van der Waals surface area contributed by atoms with Gasteiger partial charge in [0.15, 0.2) is 10.9 Å². The van der Waals surface area contributed by atoms with E-state index in [1.807, 2.05) is 17.8 Å². The third-order valence-electron chi connectivity index (χ3n) is 3.22. The number of ether oxygens (including phenoxy) is 1. The number of aryl methyl sites for hydroxylation is 1. The Morgan fingerprint density at radius 1 is 1.33 bits per heavy atom. The van der Waals surface area contributed by atoms with Gasteiger partial charge in [0.05, 0.1) is 12.9 Å². The molecule has 1 amide bonds. The topological polar surface area (TPSA) is 82.2 Å². The van der Waals surface area contributed by atoms with Crippen molar-refractivity contribution in [1.29, 1.82) is 0 Å². The van der Waals surface area contributed by atoms with Crippen LogP contribution in [0, 0.1) is 0 Å². The molecule has 3 rings (SSSR count). The quantitative estimate of drug-likeness (QED) is 0.692. The molecule has 8 heteroatoms. The Morgan fingerprint density at radius 3 is 2.96 bits per heavy atom. The molecular formula is C16H16N4O3S. The van der Waals surface area contributed by atoms with Crippen molar-refractivity contribution in [2.45, 2.75) is 10.9 Å². The fourth-order valence-electron chi connectivity index (χ4n) is 2.04. The average molecular weight is 344 g/mol. The second-order valence-electron chi connectivity index (χ2n) is 4.89. The first-order valence-corrected chi connectivity index (χ1v) is 8.15. The van der Waals surface area contributed by atoms with Crippen LogP contribution in [-0.2, 0) is 12.8 Å². The summed E-state index contributed by atoms with van der Waals surface area (Å²) in [6, 6.07) is 6.86. The van der Waals surface area contributed by atoms with Crippen molar-refractivity contribution < 1.29 is 13.9 Å². The molecule has 0 aromatic carbocycles. The zero-order valence-electron chi connectivity index (χ0n) is 13.2. The summed E-state index contributed by atoms with van der Waals surface area (Å²) in [6.45, 7) is 0. The van der Waals surface area contributed by atoms with E-state index in [1.165, 1.54) is 18.9 Å². The summed E-state index contributed by atoms with van der Waals surface area (Å²) < 4.78 is 12.6. The highest BCUT2D eigenvalue weighted by atomic mass is 32.2. The zero-order chi connectivity index (χ0) is 16.9. The third kappa shape index (κ3) is 3.60. The molecule has 124 valence electrons. The van der Waals surface area contributed by atoms with Gasteiger partial charge in [-0.15, -0.1) is 0 Å². The number of rotatable bonds is 6. The van der Waals surface area contributed by atoms with E-state index in [0.29, 0.717) is 23.1 Å². The lowest BCUT2D eigenvalue weighted by molar-refractivity contribution is 0.0995. The lowest BCUT2D eigenvalue weighted by Gasteiger charge is -2.07. The lowest BCUT2D eigenvalue weighted by atomic mass is 10.3. The molecular weight excluding hydrogens is 328 g/mol. The number of thioether (sulfide) groups is 1. The molecule has 0 unspecified atom stereocenters. The average Bonchev–Trinajstić information content (AvgIpc) is 3.22. The van der Waals surface area contributed by atoms with Crippen LogP contribution < -0.4 is 10.1 Å². The second kappa shape index (κ2) is 7.22. The summed E-state index contributed by atoms with van der Waals surface area (Å²) in [7, 11) is 3.43. The van der Waals surface area contributed by atoms with Gasteiger partial charge < -0.3 is 19.0 Å². The zero-order valence-corrected chi connectivity index (χ0v) is 14.0. The van der Waals surface area contributed by atoms with E-state index in [1.54, 1.807) is 36.7 Å². The van der Waals surface area contributed by atoms with E-state index in [0.717, 1.165) is 5.16 Å². The summed E-state index contributed by atoms with van der Waals surface area (Å²) in [4.78, 5) is 20.5. The van der Waals surface area contributed by atoms with Crippen LogP contribution in [0.25, 0.3) is 0 Å². The number of hydrogen-bond donors (Lipinski definition) is 1. The highest BCUT2D eigenvalue weighted by Crippen LogP contribution is 2.24. The van der Waals surface area contributed by atoms with E-state index >= 15 is 0 Å². The maximum Gasteiger partial charge on any atom is 0.291 e. The molecule has 0 saturated heterocycles. The van der Waals surface area contributed by atoms with Gasteiger partial charge >= 0.3 is 0 Å². The van der Waals surface area contributed by atoms with E-state index < -0.39 is 0 Å². The fraction of sp³-hybridized carbons (Fsp3) is 0.188. The highest BCUT2D eigenvalue weighted by Gasteiger charge is 2.14. The number of pyridine rings is 1. The molecule has 0 saturated carbocycles. The molecule has 3 aromatic heterocycles. The molecule has 0 fully saturated rings. The number of carbonyl (C=O) groups excluding carboxylic acids is 1. The fourth-order valence-corrected chi connectivity index (χ4v) is 2.86. The summed E-state index contributed by atoms with van der Waals surface area (Å²) >= 11 is 1.54. The number of furan rings is 1. The van der Waals surface area contributed by atoms with Crippen LogP contribution in [-0.4, -0.2) is 27.6 Å². The van der Waals surface area contributed by atoms with Crippen LogP contribution in [0.2, 0.25) is 0 Å². The maximum absolute atomic E-state index is 12.3. The number of imidazole rings is 1. The normalized spacial score (nSPS) is 10.6. The Morgan fingerprint density at radius 2 is 2.21 bits per heavy atom. The number of aromatic nitrogens is 3. The molecule has 0 spiro atoms. The predicted molar refractivity (Wildman–Crippen MR) is 90.2 cm³/mol. The van der Waals surface area contributed by atoms with Crippen LogP contribution in [0.4, 0.5) is 5.69 Å². The van der Waals surface area contributed by atoms with E-state index in [2.05, 4.69) is 15.3 Å². The molecule has 0 bridgehead atoms. The first-order valence-electron chi connectivity index (χ1n) is 7.16. The molecule has 1 N–H and O–H groups in total. The molecule has 0 aliphatic carbocycles. The van der Waals surface area contributed by atoms with Gasteiger partial charge in [-0.25, -0.2) is 9.97 Å². The monoisotopic (exact) mass is 344 g/mol. The van der Waals surface area contributed by atoms with Crippen molar-refractivity contribution in [2.75, 3.05) is 12.4 Å². The molecule has 0 radical (unpaired) electrons. The highest BCUT2D eigenvalue weighted by molar-refractivity contribution is 7.98. The van der Waals surface area contributed by atoms with Gasteiger partial charge in [0.2, 0.25) is 5.88 Å². The Bertz CT molecular complexity index is 843. The number of amides is 1. The molecule has 24 heavy (non-hydrogen) atoms. The summed E-state index contributed by atoms with van der Waals surface area (Å²) in [5.41, 5.74) is 0.491.